The van der Waals surface area contributed by atoms with Crippen molar-refractivity contribution in [1.29, 1.82) is 0 Å². The molecule has 0 aliphatic carbocycles. The van der Waals surface area contributed by atoms with Crippen molar-refractivity contribution < 1.29 is 9.53 Å². The number of rotatable bonds is 7. The van der Waals surface area contributed by atoms with Gasteiger partial charge in [-0.1, -0.05) is 37.3 Å². The van der Waals surface area contributed by atoms with E-state index < -0.39 is 0 Å². The van der Waals surface area contributed by atoms with Gasteiger partial charge >= 0.3 is 0 Å². The van der Waals surface area contributed by atoms with Gasteiger partial charge in [0, 0.05) is 17.1 Å². The maximum Gasteiger partial charge on any atom is 0.122 e. The summed E-state index contributed by atoms with van der Waals surface area (Å²) in [7, 11) is 0. The van der Waals surface area contributed by atoms with Gasteiger partial charge in [0.2, 0.25) is 0 Å². The number of carbonyl (C=O) groups is 1. The number of benzene rings is 1. The van der Waals surface area contributed by atoms with Gasteiger partial charge in [0.15, 0.2) is 0 Å². The van der Waals surface area contributed by atoms with Crippen LogP contribution in [0.2, 0.25) is 0 Å². The summed E-state index contributed by atoms with van der Waals surface area (Å²) in [6.45, 7) is 2.27. The van der Waals surface area contributed by atoms with Crippen LogP contribution in [0.4, 0.5) is 0 Å². The Labute approximate surface area is 125 Å². The van der Waals surface area contributed by atoms with Gasteiger partial charge in [0.05, 0.1) is 12.2 Å². The number of hydrogen-bond donors (Lipinski definition) is 0. The van der Waals surface area contributed by atoms with Crippen LogP contribution < -0.4 is 0 Å². The smallest absolute Gasteiger partial charge is 0.122 e. The normalized spacial score (nSPS) is 23.4. The molecular formula is C17H22O2S. The van der Waals surface area contributed by atoms with E-state index >= 15 is 0 Å². The second-order valence-corrected chi connectivity index (χ2v) is 6.42. The summed E-state index contributed by atoms with van der Waals surface area (Å²) in [5.74, 6) is 1.71. The van der Waals surface area contributed by atoms with Crippen molar-refractivity contribution >= 4 is 18.0 Å². The van der Waals surface area contributed by atoms with Crippen molar-refractivity contribution in [3.8, 4) is 0 Å². The molecule has 1 aromatic carbocycles. The highest BCUT2D eigenvalue weighted by molar-refractivity contribution is 7.99. The molecule has 0 fully saturated rings. The number of aldehydes is 1. The largest absolute Gasteiger partial charge is 0.370 e. The van der Waals surface area contributed by atoms with E-state index in [0.29, 0.717) is 12.3 Å². The number of carbonyl (C=O) groups excluding carboxylic acids is 1. The maximum absolute atomic E-state index is 10.5. The van der Waals surface area contributed by atoms with E-state index in [0.717, 1.165) is 24.9 Å². The van der Waals surface area contributed by atoms with Crippen LogP contribution in [0.25, 0.3) is 0 Å². The van der Waals surface area contributed by atoms with Crippen LogP contribution in [0.5, 0.6) is 0 Å². The van der Waals surface area contributed by atoms with Crippen LogP contribution in [0.15, 0.2) is 47.4 Å². The van der Waals surface area contributed by atoms with E-state index in [9.17, 15) is 4.79 Å². The monoisotopic (exact) mass is 290 g/mol. The summed E-state index contributed by atoms with van der Waals surface area (Å²) in [6, 6.07) is 10.5. The first-order valence-corrected chi connectivity index (χ1v) is 8.20. The lowest BCUT2D eigenvalue weighted by Gasteiger charge is -2.27. The van der Waals surface area contributed by atoms with Crippen molar-refractivity contribution in [2.75, 3.05) is 5.75 Å². The number of ether oxygens (including phenoxy) is 1. The fourth-order valence-corrected chi connectivity index (χ4v) is 3.35. The Morgan fingerprint density at radius 1 is 1.40 bits per heavy atom. The van der Waals surface area contributed by atoms with E-state index in [-0.39, 0.29) is 12.2 Å². The average Bonchev–Trinajstić information content (AvgIpc) is 2.47. The van der Waals surface area contributed by atoms with Crippen LogP contribution in [-0.4, -0.2) is 24.2 Å². The van der Waals surface area contributed by atoms with Crippen molar-refractivity contribution in [3.05, 3.63) is 42.5 Å². The summed E-state index contributed by atoms with van der Waals surface area (Å²) < 4.78 is 5.92. The highest BCUT2D eigenvalue weighted by Crippen LogP contribution is 2.25. The molecule has 1 aliphatic rings. The summed E-state index contributed by atoms with van der Waals surface area (Å²) in [6.07, 6.45) is 7.84. The zero-order chi connectivity index (χ0) is 14.2. The van der Waals surface area contributed by atoms with Gasteiger partial charge in [-0.3, -0.25) is 0 Å². The highest BCUT2D eigenvalue weighted by Gasteiger charge is 2.20. The van der Waals surface area contributed by atoms with Gasteiger partial charge in [-0.25, -0.2) is 0 Å². The van der Waals surface area contributed by atoms with Gasteiger partial charge in [-0.05, 0) is 30.9 Å². The molecule has 0 aromatic heterocycles. The van der Waals surface area contributed by atoms with Gasteiger partial charge in [0.1, 0.15) is 6.29 Å². The molecule has 2 rings (SSSR count). The zero-order valence-electron chi connectivity index (χ0n) is 11.9. The fourth-order valence-electron chi connectivity index (χ4n) is 2.38. The van der Waals surface area contributed by atoms with Crippen molar-refractivity contribution in [1.82, 2.24) is 0 Å². The third-order valence-electron chi connectivity index (χ3n) is 3.39. The van der Waals surface area contributed by atoms with E-state index in [2.05, 4.69) is 37.3 Å². The van der Waals surface area contributed by atoms with Gasteiger partial charge < -0.3 is 9.53 Å². The second-order valence-electron chi connectivity index (χ2n) is 5.33. The van der Waals surface area contributed by atoms with Crippen molar-refractivity contribution in [2.24, 2.45) is 5.92 Å². The molecule has 0 N–H and O–H groups in total. The minimum atomic E-state index is -0.0137. The fraction of sp³-hybridized carbons (Fsp3) is 0.471. The molecule has 1 aliphatic heterocycles. The van der Waals surface area contributed by atoms with Gasteiger partial charge in [0.25, 0.3) is 0 Å². The molecule has 1 heterocycles. The standard InChI is InChI=1S/C17H22O2S/c1-14(13-20-17-8-3-2-4-9-17)12-16-7-5-6-15(19-16)10-11-18/h2-6,8-9,11,14-16H,7,10,12-13H2,1H3/t14-,15+,16+/m1/s1. The molecule has 0 spiro atoms. The Kier molecular flexibility index (Phi) is 6.34. The predicted octanol–water partition coefficient (Wildman–Crippen LogP) is 4.11. The van der Waals surface area contributed by atoms with Crippen molar-refractivity contribution in [2.45, 2.75) is 43.3 Å². The van der Waals surface area contributed by atoms with Crippen molar-refractivity contribution in [3.63, 3.8) is 0 Å². The Morgan fingerprint density at radius 2 is 2.20 bits per heavy atom. The van der Waals surface area contributed by atoms with E-state index in [1.54, 1.807) is 0 Å². The molecule has 0 amide bonds. The lowest BCUT2D eigenvalue weighted by molar-refractivity contribution is -0.111. The minimum absolute atomic E-state index is 0.0137. The molecule has 3 atom stereocenters. The van der Waals surface area contributed by atoms with E-state index in [4.69, 9.17) is 4.74 Å². The van der Waals surface area contributed by atoms with Crippen LogP contribution >= 0.6 is 11.8 Å². The molecule has 0 saturated heterocycles. The second kappa shape index (κ2) is 8.28. The topological polar surface area (TPSA) is 26.3 Å². The zero-order valence-corrected chi connectivity index (χ0v) is 12.7. The quantitative estimate of drug-likeness (QED) is 0.429. The van der Waals surface area contributed by atoms with Gasteiger partial charge in [-0.15, -0.1) is 11.8 Å². The van der Waals surface area contributed by atoms with Crippen LogP contribution in [0, 0.1) is 5.92 Å². The third-order valence-corrected chi connectivity index (χ3v) is 4.73. The van der Waals surface area contributed by atoms with E-state index in [1.165, 1.54) is 4.90 Å². The number of hydrogen-bond acceptors (Lipinski definition) is 3. The summed E-state index contributed by atoms with van der Waals surface area (Å²) >= 11 is 1.90. The first-order valence-electron chi connectivity index (χ1n) is 7.21. The third kappa shape index (κ3) is 5.14. The summed E-state index contributed by atoms with van der Waals surface area (Å²) in [5, 5.41) is 0. The first kappa shape index (κ1) is 15.3. The lowest BCUT2D eigenvalue weighted by Crippen LogP contribution is -2.26. The average molecular weight is 290 g/mol. The SMILES string of the molecule is C[C@@H](CSc1ccccc1)C[C@@H]1CC=C[C@@H](CC=O)O1. The molecule has 0 bridgehead atoms. The Morgan fingerprint density at radius 3 is 2.95 bits per heavy atom. The molecule has 1 aromatic rings. The van der Waals surface area contributed by atoms with E-state index in [1.807, 2.05) is 23.9 Å². The molecular weight excluding hydrogens is 268 g/mol. The lowest BCUT2D eigenvalue weighted by atomic mass is 10.0. The van der Waals surface area contributed by atoms with Crippen LogP contribution in [0.1, 0.15) is 26.2 Å². The highest BCUT2D eigenvalue weighted by atomic mass is 32.2. The van der Waals surface area contributed by atoms with Crippen LogP contribution in [-0.2, 0) is 9.53 Å². The molecule has 0 saturated carbocycles. The minimum Gasteiger partial charge on any atom is -0.370 e. The Hall–Kier alpha value is -1.06. The molecule has 0 radical (unpaired) electrons. The Balaban J connectivity index is 1.73. The molecule has 2 nitrogen and oxygen atoms in total. The number of thioether (sulfide) groups is 1. The summed E-state index contributed by atoms with van der Waals surface area (Å²) in [5.41, 5.74) is 0. The summed E-state index contributed by atoms with van der Waals surface area (Å²) in [4.78, 5) is 11.9. The molecule has 20 heavy (non-hydrogen) atoms. The first-order chi connectivity index (χ1) is 9.78. The Bertz CT molecular complexity index is 430. The molecule has 0 unspecified atom stereocenters. The molecule has 108 valence electrons. The van der Waals surface area contributed by atoms with Crippen LogP contribution in [0.3, 0.4) is 0 Å². The maximum atomic E-state index is 10.5. The predicted molar refractivity (Wildman–Crippen MR) is 84.0 cm³/mol. The molecule has 3 heteroatoms. The van der Waals surface area contributed by atoms with Gasteiger partial charge in [-0.2, -0.15) is 0 Å².